The monoisotopic (exact) mass is 515 g/mol. The van der Waals surface area contributed by atoms with E-state index in [1.54, 1.807) is 28.9 Å². The first kappa shape index (κ1) is 25.1. The second-order valence-electron chi connectivity index (χ2n) is 10.2. The maximum absolute atomic E-state index is 14.6. The Kier molecular flexibility index (Phi) is 6.16. The van der Waals surface area contributed by atoms with Gasteiger partial charge >= 0.3 is 12.2 Å². The summed E-state index contributed by atoms with van der Waals surface area (Å²) >= 11 is 0. The van der Waals surface area contributed by atoms with Gasteiger partial charge in [-0.25, -0.2) is 9.18 Å². The molecule has 0 N–H and O–H groups in total. The summed E-state index contributed by atoms with van der Waals surface area (Å²) in [7, 11) is 1.73. The topological polar surface area (TPSA) is 44.6 Å². The summed E-state index contributed by atoms with van der Waals surface area (Å²) in [6, 6.07) is 9.95. The highest BCUT2D eigenvalue weighted by molar-refractivity contribution is 5.94. The summed E-state index contributed by atoms with van der Waals surface area (Å²) in [4.78, 5) is 19.0. The molecular weight excluding hydrogens is 486 g/mol. The van der Waals surface area contributed by atoms with E-state index in [0.717, 1.165) is 17.2 Å². The van der Waals surface area contributed by atoms with Gasteiger partial charge in [0.1, 0.15) is 5.82 Å². The van der Waals surface area contributed by atoms with E-state index in [0.29, 0.717) is 44.0 Å². The average Bonchev–Trinajstić information content (AvgIpc) is 3.21. The fraction of sp³-hybridized carbons (Fsp3) is 0.407. The Balaban J connectivity index is 1.43. The lowest BCUT2D eigenvalue weighted by atomic mass is 9.86. The third kappa shape index (κ3) is 4.53. The van der Waals surface area contributed by atoms with Crippen LogP contribution in [0.3, 0.4) is 0 Å². The van der Waals surface area contributed by atoms with Crippen LogP contribution in [-0.4, -0.2) is 39.3 Å². The van der Waals surface area contributed by atoms with Crippen molar-refractivity contribution in [3.8, 4) is 0 Å². The molecule has 2 aliphatic heterocycles. The molecule has 5 rings (SSSR count). The number of urea groups is 1. The molecule has 2 amide bonds. The van der Waals surface area contributed by atoms with Crippen molar-refractivity contribution in [1.29, 1.82) is 0 Å². The Morgan fingerprint density at radius 3 is 2.43 bits per heavy atom. The van der Waals surface area contributed by atoms with Gasteiger partial charge in [-0.3, -0.25) is 9.58 Å². The second-order valence-corrected chi connectivity index (χ2v) is 10.2. The fourth-order valence-electron chi connectivity index (χ4n) is 5.51. The van der Waals surface area contributed by atoms with Crippen LogP contribution < -0.4 is 9.80 Å². The Bertz CT molecular complexity index is 1310. The third-order valence-electron chi connectivity index (χ3n) is 7.58. The molecule has 1 fully saturated rings. The van der Waals surface area contributed by atoms with E-state index in [4.69, 9.17) is 0 Å². The maximum atomic E-state index is 14.6. The smallest absolute Gasteiger partial charge is 0.369 e. The van der Waals surface area contributed by atoms with E-state index in [2.05, 4.69) is 5.10 Å². The summed E-state index contributed by atoms with van der Waals surface area (Å²) in [6.45, 7) is 5.05. The highest BCUT2D eigenvalue weighted by Crippen LogP contribution is 2.40. The Morgan fingerprint density at radius 1 is 1.05 bits per heavy atom. The van der Waals surface area contributed by atoms with E-state index in [1.807, 2.05) is 24.8 Å². The van der Waals surface area contributed by atoms with Gasteiger partial charge in [0.25, 0.3) is 0 Å². The number of fused-ring (bicyclic) bond motifs is 1. The largest absolute Gasteiger partial charge is 0.416 e. The first-order valence-corrected chi connectivity index (χ1v) is 12.2. The molecule has 196 valence electrons. The van der Waals surface area contributed by atoms with Crippen molar-refractivity contribution < 1.29 is 22.4 Å². The van der Waals surface area contributed by atoms with Crippen LogP contribution in [-0.2, 0) is 26.3 Å². The number of para-hydroxylation sites is 1. The number of aryl methyl sites for hydroxylation is 2. The zero-order chi connectivity index (χ0) is 26.5. The molecule has 0 spiro atoms. The Hall–Kier alpha value is -3.56. The number of hydrogen-bond donors (Lipinski definition) is 0. The molecule has 0 saturated carbocycles. The molecule has 3 heterocycles. The number of hydrogen-bond acceptors (Lipinski definition) is 3. The van der Waals surface area contributed by atoms with Crippen molar-refractivity contribution in [2.45, 2.75) is 51.5 Å². The normalized spacial score (nSPS) is 17.8. The fourth-order valence-corrected chi connectivity index (χ4v) is 5.51. The van der Waals surface area contributed by atoms with Gasteiger partial charge in [0, 0.05) is 37.4 Å². The first-order chi connectivity index (χ1) is 17.5. The maximum Gasteiger partial charge on any atom is 0.416 e. The van der Waals surface area contributed by atoms with E-state index >= 15 is 0 Å². The predicted octanol–water partition coefficient (Wildman–Crippen LogP) is 5.89. The van der Waals surface area contributed by atoms with Gasteiger partial charge in [0.2, 0.25) is 0 Å². The van der Waals surface area contributed by atoms with E-state index in [-0.39, 0.29) is 24.0 Å². The highest BCUT2D eigenvalue weighted by atomic mass is 19.4. The van der Waals surface area contributed by atoms with Crippen molar-refractivity contribution in [3.63, 3.8) is 0 Å². The molecule has 3 aromatic rings. The van der Waals surface area contributed by atoms with Crippen molar-refractivity contribution in [2.75, 3.05) is 22.9 Å². The number of rotatable bonds is 4. The number of aromatic nitrogens is 2. The van der Waals surface area contributed by atoms with Crippen LogP contribution in [0.25, 0.3) is 0 Å². The van der Waals surface area contributed by atoms with E-state index in [9.17, 15) is 22.4 Å². The molecule has 6 nitrogen and oxygen atoms in total. The van der Waals surface area contributed by atoms with E-state index < -0.39 is 17.3 Å². The van der Waals surface area contributed by atoms with Crippen LogP contribution in [0, 0.1) is 12.7 Å². The summed E-state index contributed by atoms with van der Waals surface area (Å²) < 4.78 is 57.3. The molecule has 0 unspecified atom stereocenters. The van der Waals surface area contributed by atoms with Crippen LogP contribution in [0.15, 0.2) is 48.7 Å². The first-order valence-electron chi connectivity index (χ1n) is 12.2. The Labute approximate surface area is 213 Å². The quantitative estimate of drug-likeness (QED) is 0.407. The van der Waals surface area contributed by atoms with Gasteiger partial charge in [-0.05, 0) is 49.9 Å². The number of alkyl halides is 3. The molecule has 0 radical (unpaired) electrons. The zero-order valence-corrected chi connectivity index (χ0v) is 21.0. The van der Waals surface area contributed by atoms with Crippen LogP contribution in [0.4, 0.5) is 33.9 Å². The number of carbonyl (C=O) groups excluding carboxylic acids is 1. The molecule has 0 atom stereocenters. The summed E-state index contributed by atoms with van der Waals surface area (Å²) in [6.07, 6.45) is -1.55. The van der Waals surface area contributed by atoms with Crippen LogP contribution in [0.2, 0.25) is 0 Å². The molecule has 2 aliphatic rings. The lowest BCUT2D eigenvalue weighted by Gasteiger charge is -2.50. The lowest BCUT2D eigenvalue weighted by Crippen LogP contribution is -2.60. The number of nitrogens with zero attached hydrogens (tertiary/aromatic N) is 5. The molecule has 0 aliphatic carbocycles. The third-order valence-corrected chi connectivity index (χ3v) is 7.58. The molecule has 1 saturated heterocycles. The van der Waals surface area contributed by atoms with Gasteiger partial charge in [0.05, 0.1) is 24.3 Å². The number of halogens is 4. The van der Waals surface area contributed by atoms with Crippen molar-refractivity contribution in [3.05, 3.63) is 76.7 Å². The van der Waals surface area contributed by atoms with Gasteiger partial charge in [0.15, 0.2) is 5.82 Å². The summed E-state index contributed by atoms with van der Waals surface area (Å²) in [5.74, 6) is 0.107. The van der Waals surface area contributed by atoms with E-state index in [1.165, 1.54) is 29.2 Å². The summed E-state index contributed by atoms with van der Waals surface area (Å²) in [5, 5.41) is 4.41. The summed E-state index contributed by atoms with van der Waals surface area (Å²) in [5.41, 5.74) is 0.901. The Morgan fingerprint density at radius 2 is 1.76 bits per heavy atom. The van der Waals surface area contributed by atoms with Crippen molar-refractivity contribution >= 4 is 17.5 Å². The molecule has 1 aromatic heterocycles. The molecule has 37 heavy (non-hydrogen) atoms. The molecular formula is C27H29F4N5O. The zero-order valence-electron chi connectivity index (χ0n) is 21.0. The van der Waals surface area contributed by atoms with Crippen LogP contribution >= 0.6 is 0 Å². The minimum atomic E-state index is -4.54. The molecule has 10 heteroatoms. The minimum Gasteiger partial charge on any atom is -0.369 e. The highest BCUT2D eigenvalue weighted by Gasteiger charge is 2.45. The molecule has 0 bridgehead atoms. The van der Waals surface area contributed by atoms with Gasteiger partial charge in [-0.15, -0.1) is 0 Å². The van der Waals surface area contributed by atoms with Crippen molar-refractivity contribution in [2.24, 2.45) is 7.05 Å². The standard InChI is InChI=1S/C27H29F4N5O/c1-18-7-6-10-22(28)23(18)34-13-11-26(2,12-14-34)36-17-20-15-33(3)32-24(20)35(25(36)37)16-19-8-4-5-9-21(19)27(29,30)31/h4-10,15H,11-14,16-17H2,1-3H3. The van der Waals surface area contributed by atoms with Crippen molar-refractivity contribution in [1.82, 2.24) is 14.7 Å². The van der Waals surface area contributed by atoms with Crippen LogP contribution in [0.5, 0.6) is 0 Å². The number of piperidine rings is 1. The predicted molar refractivity (Wildman–Crippen MR) is 133 cm³/mol. The molecule has 2 aromatic carbocycles. The number of carbonyl (C=O) groups is 1. The van der Waals surface area contributed by atoms with Gasteiger partial charge in [-0.1, -0.05) is 30.3 Å². The van der Waals surface area contributed by atoms with Gasteiger partial charge < -0.3 is 9.80 Å². The number of amides is 2. The average molecular weight is 516 g/mol. The number of benzene rings is 2. The SMILES string of the molecule is Cc1cccc(F)c1N1CCC(C)(N2Cc3cn(C)nc3N(Cc3ccccc3C(F)(F)F)C2=O)CC1. The minimum absolute atomic E-state index is 0.0109. The number of anilines is 2. The lowest BCUT2D eigenvalue weighted by molar-refractivity contribution is -0.138. The second kappa shape index (κ2) is 9.08. The van der Waals surface area contributed by atoms with Gasteiger partial charge in [-0.2, -0.15) is 18.3 Å². The van der Waals surface area contributed by atoms with Crippen LogP contribution in [0.1, 0.15) is 42.0 Å².